The average Bonchev–Trinajstić information content (AvgIpc) is 2.61. The quantitative estimate of drug-likeness (QED) is 0.881. The minimum atomic E-state index is -0.335. The van der Waals surface area contributed by atoms with Gasteiger partial charge in [0.05, 0.1) is 6.04 Å². The van der Waals surface area contributed by atoms with Gasteiger partial charge in [-0.25, -0.2) is 0 Å². The third kappa shape index (κ3) is 4.21. The van der Waals surface area contributed by atoms with E-state index >= 15 is 0 Å². The molecule has 0 aliphatic carbocycles. The zero-order valence-electron chi connectivity index (χ0n) is 17.0. The zero-order chi connectivity index (χ0) is 18.9. The molecular formula is C21H34N4O. The summed E-state index contributed by atoms with van der Waals surface area (Å²) in [5, 5.41) is 3.64. The van der Waals surface area contributed by atoms with Crippen molar-refractivity contribution in [3.8, 4) is 0 Å². The topological polar surface area (TPSA) is 38.8 Å². The van der Waals surface area contributed by atoms with Gasteiger partial charge in [0.15, 0.2) is 0 Å². The third-order valence-corrected chi connectivity index (χ3v) is 5.61. The molecule has 1 aromatic rings. The van der Waals surface area contributed by atoms with Gasteiger partial charge in [-0.3, -0.25) is 4.79 Å². The number of rotatable bonds is 2. The maximum absolute atomic E-state index is 12.8. The average molecular weight is 359 g/mol. The lowest BCUT2D eigenvalue weighted by atomic mass is 9.92. The van der Waals surface area contributed by atoms with Crippen LogP contribution in [0, 0.1) is 5.41 Å². The summed E-state index contributed by atoms with van der Waals surface area (Å²) in [6.07, 6.45) is 0. The van der Waals surface area contributed by atoms with E-state index in [4.69, 9.17) is 0 Å². The van der Waals surface area contributed by atoms with E-state index in [0.29, 0.717) is 0 Å². The van der Waals surface area contributed by atoms with E-state index in [1.165, 1.54) is 11.3 Å². The molecule has 0 aromatic heterocycles. The van der Waals surface area contributed by atoms with Crippen molar-refractivity contribution >= 4 is 11.6 Å². The van der Waals surface area contributed by atoms with Gasteiger partial charge in [-0.2, -0.15) is 0 Å². The van der Waals surface area contributed by atoms with Gasteiger partial charge >= 0.3 is 0 Å². The second-order valence-corrected chi connectivity index (χ2v) is 8.90. The number of hydrogen-bond acceptors (Lipinski definition) is 4. The maximum atomic E-state index is 12.8. The lowest BCUT2D eigenvalue weighted by molar-refractivity contribution is -0.143. The smallest absolute Gasteiger partial charge is 0.228 e. The highest BCUT2D eigenvalue weighted by Crippen LogP contribution is 2.27. The van der Waals surface area contributed by atoms with Crippen LogP contribution >= 0.6 is 0 Å². The van der Waals surface area contributed by atoms with Gasteiger partial charge < -0.3 is 20.0 Å². The van der Waals surface area contributed by atoms with E-state index in [-0.39, 0.29) is 23.4 Å². The normalized spacial score (nSPS) is 25.4. The Morgan fingerprint density at radius 3 is 2.50 bits per heavy atom. The lowest BCUT2D eigenvalue weighted by Crippen LogP contribution is -2.56. The van der Waals surface area contributed by atoms with E-state index in [1.807, 2.05) is 20.8 Å². The molecule has 2 heterocycles. The fourth-order valence-electron chi connectivity index (χ4n) is 3.80. The largest absolute Gasteiger partial charge is 0.369 e. The molecule has 144 valence electrons. The second kappa shape index (κ2) is 7.57. The molecule has 1 N–H and O–H groups in total. The molecule has 0 saturated carbocycles. The van der Waals surface area contributed by atoms with Gasteiger partial charge in [-0.05, 0) is 31.7 Å². The second-order valence-electron chi connectivity index (χ2n) is 8.90. The van der Waals surface area contributed by atoms with Crippen molar-refractivity contribution in [2.24, 2.45) is 5.41 Å². The molecule has 0 spiro atoms. The number of anilines is 1. The molecule has 0 unspecified atom stereocenters. The fraction of sp³-hybridized carbons (Fsp3) is 0.667. The number of benzene rings is 1. The molecule has 5 heteroatoms. The minimum Gasteiger partial charge on any atom is -0.369 e. The molecular weight excluding hydrogens is 324 g/mol. The Hall–Kier alpha value is -1.59. The van der Waals surface area contributed by atoms with Crippen LogP contribution < -0.4 is 10.2 Å². The first-order valence-corrected chi connectivity index (χ1v) is 9.83. The van der Waals surface area contributed by atoms with Crippen molar-refractivity contribution in [1.29, 1.82) is 0 Å². The number of nitrogens with zero attached hydrogens (tertiary/aromatic N) is 3. The van der Waals surface area contributed by atoms with Crippen molar-refractivity contribution in [2.75, 3.05) is 51.2 Å². The number of hydrogen-bond donors (Lipinski definition) is 1. The monoisotopic (exact) mass is 358 g/mol. The summed E-state index contributed by atoms with van der Waals surface area (Å²) in [6, 6.07) is 9.28. The van der Waals surface area contributed by atoms with Crippen LogP contribution in [0.1, 0.15) is 39.3 Å². The van der Waals surface area contributed by atoms with Crippen molar-refractivity contribution in [1.82, 2.24) is 15.1 Å². The summed E-state index contributed by atoms with van der Waals surface area (Å²) in [7, 11) is 2.18. The predicted octanol–water partition coefficient (Wildman–Crippen LogP) is 2.35. The van der Waals surface area contributed by atoms with Crippen molar-refractivity contribution < 1.29 is 4.79 Å². The fourth-order valence-corrected chi connectivity index (χ4v) is 3.80. The van der Waals surface area contributed by atoms with E-state index in [9.17, 15) is 4.79 Å². The summed E-state index contributed by atoms with van der Waals surface area (Å²) >= 11 is 0. The van der Waals surface area contributed by atoms with Gasteiger partial charge in [0.2, 0.25) is 5.91 Å². The summed E-state index contributed by atoms with van der Waals surface area (Å²) in [6.45, 7) is 14.1. The first kappa shape index (κ1) is 19.2. The van der Waals surface area contributed by atoms with E-state index in [0.717, 1.165) is 39.3 Å². The van der Waals surface area contributed by atoms with Crippen LogP contribution in [0.4, 0.5) is 5.69 Å². The van der Waals surface area contributed by atoms with Crippen LogP contribution in [-0.2, 0) is 4.79 Å². The third-order valence-electron chi connectivity index (χ3n) is 5.61. The van der Waals surface area contributed by atoms with Crippen molar-refractivity contribution in [2.45, 2.75) is 39.8 Å². The Bertz CT molecular complexity index is 631. The van der Waals surface area contributed by atoms with Crippen LogP contribution in [-0.4, -0.2) is 68.1 Å². The van der Waals surface area contributed by atoms with Gasteiger partial charge in [0, 0.05) is 56.4 Å². The Kier molecular flexibility index (Phi) is 5.58. The summed E-state index contributed by atoms with van der Waals surface area (Å²) in [4.78, 5) is 19.7. The van der Waals surface area contributed by atoms with Crippen LogP contribution in [0.5, 0.6) is 0 Å². The number of amides is 1. The SMILES string of the molecule is C[C@@H]1CN[C@@H](c2cccc(N3CCN(C)CC3)c2)CN1C(=O)C(C)(C)C. The molecule has 2 atom stereocenters. The van der Waals surface area contributed by atoms with Gasteiger partial charge in [-0.15, -0.1) is 0 Å². The molecule has 0 bridgehead atoms. The first-order chi connectivity index (χ1) is 12.3. The molecule has 1 amide bonds. The van der Waals surface area contributed by atoms with Gasteiger partial charge in [-0.1, -0.05) is 32.9 Å². The Labute approximate surface area is 158 Å². The van der Waals surface area contributed by atoms with Crippen LogP contribution in [0.25, 0.3) is 0 Å². The molecule has 1 aromatic carbocycles. The van der Waals surface area contributed by atoms with E-state index < -0.39 is 0 Å². The predicted molar refractivity (Wildman–Crippen MR) is 108 cm³/mol. The summed E-state index contributed by atoms with van der Waals surface area (Å²) < 4.78 is 0. The van der Waals surface area contributed by atoms with Crippen LogP contribution in [0.2, 0.25) is 0 Å². The van der Waals surface area contributed by atoms with E-state index in [1.54, 1.807) is 0 Å². The molecule has 5 nitrogen and oxygen atoms in total. The van der Waals surface area contributed by atoms with Crippen molar-refractivity contribution in [3.05, 3.63) is 29.8 Å². The zero-order valence-corrected chi connectivity index (χ0v) is 17.0. The maximum Gasteiger partial charge on any atom is 0.228 e. The molecule has 0 radical (unpaired) electrons. The van der Waals surface area contributed by atoms with Crippen LogP contribution in [0.3, 0.4) is 0 Å². The highest BCUT2D eigenvalue weighted by Gasteiger charge is 2.35. The molecule has 2 saturated heterocycles. The highest BCUT2D eigenvalue weighted by molar-refractivity contribution is 5.82. The molecule has 2 aliphatic rings. The van der Waals surface area contributed by atoms with E-state index in [2.05, 4.69) is 58.3 Å². The molecule has 2 aliphatic heterocycles. The lowest BCUT2D eigenvalue weighted by Gasteiger charge is -2.42. The number of carbonyl (C=O) groups is 1. The number of nitrogens with one attached hydrogen (secondary N) is 1. The molecule has 26 heavy (non-hydrogen) atoms. The Morgan fingerprint density at radius 1 is 1.15 bits per heavy atom. The first-order valence-electron chi connectivity index (χ1n) is 9.83. The molecule has 3 rings (SSSR count). The number of piperazine rings is 2. The Balaban J connectivity index is 1.74. The number of carbonyl (C=O) groups excluding carboxylic acids is 1. The number of likely N-dealkylation sites (N-methyl/N-ethyl adjacent to an activating group) is 1. The van der Waals surface area contributed by atoms with Gasteiger partial charge in [0.1, 0.15) is 0 Å². The molecule has 2 fully saturated rings. The standard InChI is InChI=1S/C21H34N4O/c1-16-14-22-19(15-25(16)20(26)21(2,3)4)17-7-6-8-18(13-17)24-11-9-23(5)10-12-24/h6-8,13,16,19,22H,9-12,14-15H2,1-5H3/t16-,19-/m1/s1. The Morgan fingerprint density at radius 2 is 1.85 bits per heavy atom. The van der Waals surface area contributed by atoms with Crippen molar-refractivity contribution in [3.63, 3.8) is 0 Å². The van der Waals surface area contributed by atoms with Crippen LogP contribution in [0.15, 0.2) is 24.3 Å². The summed E-state index contributed by atoms with van der Waals surface area (Å²) in [5.74, 6) is 0.242. The summed E-state index contributed by atoms with van der Waals surface area (Å²) in [5.41, 5.74) is 2.24. The highest BCUT2D eigenvalue weighted by atomic mass is 16.2. The minimum absolute atomic E-state index is 0.199. The van der Waals surface area contributed by atoms with Gasteiger partial charge in [0.25, 0.3) is 0 Å².